The highest BCUT2D eigenvalue weighted by Crippen LogP contribution is 2.20. The van der Waals surface area contributed by atoms with E-state index in [-0.39, 0.29) is 5.91 Å². The van der Waals surface area contributed by atoms with E-state index in [4.69, 9.17) is 23.2 Å². The number of aryl methyl sites for hydroxylation is 2. The number of benzene rings is 2. The molecule has 0 unspecified atom stereocenters. The van der Waals surface area contributed by atoms with Crippen molar-refractivity contribution in [1.82, 2.24) is 9.88 Å². The van der Waals surface area contributed by atoms with E-state index < -0.39 is 0 Å². The Bertz CT molecular complexity index is 1110. The monoisotopic (exact) mass is 452 g/mol. The third-order valence-electron chi connectivity index (χ3n) is 5.24. The van der Waals surface area contributed by atoms with E-state index >= 15 is 0 Å². The fourth-order valence-electron chi connectivity index (χ4n) is 3.56. The number of amides is 1. The van der Waals surface area contributed by atoms with Crippen LogP contribution in [0.1, 0.15) is 27.0 Å². The van der Waals surface area contributed by atoms with Gasteiger partial charge in [0.2, 0.25) is 0 Å². The highest BCUT2D eigenvalue weighted by Gasteiger charge is 2.15. The summed E-state index contributed by atoms with van der Waals surface area (Å²) in [5.41, 5.74) is 3.80. The lowest BCUT2D eigenvalue weighted by Crippen LogP contribution is -2.23. The zero-order chi connectivity index (χ0) is 21.8. The van der Waals surface area contributed by atoms with E-state index in [0.717, 1.165) is 36.5 Å². The highest BCUT2D eigenvalue weighted by atomic mass is 35.5. The van der Waals surface area contributed by atoms with Gasteiger partial charge in [-0.25, -0.2) is 4.98 Å². The molecule has 5 nitrogen and oxygen atoms in total. The smallest absolute Gasteiger partial charge is 0.257 e. The number of hydrogen-bond donors (Lipinski definition) is 1. The Balaban J connectivity index is 1.46. The van der Waals surface area contributed by atoms with Crippen LogP contribution in [0.3, 0.4) is 0 Å². The Hall–Kier alpha value is -2.89. The van der Waals surface area contributed by atoms with Gasteiger partial charge in [-0.1, -0.05) is 53.5 Å². The van der Waals surface area contributed by atoms with Crippen LogP contribution in [-0.4, -0.2) is 41.8 Å². The summed E-state index contributed by atoms with van der Waals surface area (Å²) in [6, 6.07) is 17.2. The topological polar surface area (TPSA) is 57.6 Å². The average molecular weight is 453 g/mol. The van der Waals surface area contributed by atoms with Gasteiger partial charge in [0.05, 0.1) is 11.6 Å². The molecule has 2 heterocycles. The molecule has 0 radical (unpaired) electrons. The van der Waals surface area contributed by atoms with E-state index in [1.54, 1.807) is 18.2 Å². The number of pyridine rings is 1. The Morgan fingerprint density at radius 2 is 1.81 bits per heavy atom. The van der Waals surface area contributed by atoms with Crippen molar-refractivity contribution in [1.29, 1.82) is 0 Å². The van der Waals surface area contributed by atoms with Crippen molar-refractivity contribution >= 4 is 40.8 Å². The number of nitrogens with zero attached hydrogens (tertiary/aromatic N) is 3. The Labute approximate surface area is 191 Å². The first kappa shape index (κ1) is 21.3. The maximum atomic E-state index is 12.8. The summed E-state index contributed by atoms with van der Waals surface area (Å²) >= 11 is 12.0. The second kappa shape index (κ2) is 9.50. The quantitative estimate of drug-likeness (QED) is 0.564. The maximum absolute atomic E-state index is 12.8. The van der Waals surface area contributed by atoms with Crippen LogP contribution in [0.5, 0.6) is 0 Å². The first-order valence-electron chi connectivity index (χ1n) is 10.1. The number of hydrogen-bond acceptors (Lipinski definition) is 4. The molecule has 1 aliphatic rings. The number of rotatable bonds is 6. The molecule has 1 aliphatic heterocycles. The van der Waals surface area contributed by atoms with Crippen LogP contribution in [-0.2, 0) is 12.8 Å². The Morgan fingerprint density at radius 1 is 1.03 bits per heavy atom. The van der Waals surface area contributed by atoms with Gasteiger partial charge in [0.15, 0.2) is 0 Å². The van der Waals surface area contributed by atoms with E-state index in [1.807, 2.05) is 12.1 Å². The zero-order valence-corrected chi connectivity index (χ0v) is 18.6. The fraction of sp³-hybridized carbons (Fsp3) is 0.208. The van der Waals surface area contributed by atoms with Gasteiger partial charge in [-0.2, -0.15) is 0 Å². The molecule has 2 aromatic carbocycles. The van der Waals surface area contributed by atoms with E-state index in [0.29, 0.717) is 27.8 Å². The highest BCUT2D eigenvalue weighted by molar-refractivity contribution is 6.31. The largest absolute Gasteiger partial charge is 0.358 e. The summed E-state index contributed by atoms with van der Waals surface area (Å²) in [6.07, 6.45) is 3.02. The summed E-state index contributed by atoms with van der Waals surface area (Å²) in [7, 11) is 2.06. The number of carbonyl (C=O) groups excluding carboxylic acids is 1. The summed E-state index contributed by atoms with van der Waals surface area (Å²) in [6.45, 7) is 1.81. The number of halogens is 2. The summed E-state index contributed by atoms with van der Waals surface area (Å²) in [5.74, 6) is 1.24. The minimum Gasteiger partial charge on any atom is -0.358 e. The second-order valence-electron chi connectivity index (χ2n) is 7.44. The van der Waals surface area contributed by atoms with E-state index in [1.165, 1.54) is 11.8 Å². The molecule has 0 aliphatic carbocycles. The van der Waals surface area contributed by atoms with Crippen molar-refractivity contribution in [2.45, 2.75) is 12.8 Å². The van der Waals surface area contributed by atoms with Gasteiger partial charge in [0.25, 0.3) is 5.91 Å². The second-order valence-corrected chi connectivity index (χ2v) is 8.31. The molecular weight excluding hydrogens is 431 g/mol. The summed E-state index contributed by atoms with van der Waals surface area (Å²) in [4.78, 5) is 23.7. The van der Waals surface area contributed by atoms with Crippen LogP contribution >= 0.6 is 23.2 Å². The number of aromatic nitrogens is 1. The fourth-order valence-corrected chi connectivity index (χ4v) is 3.84. The zero-order valence-electron chi connectivity index (χ0n) is 17.1. The predicted molar refractivity (Wildman–Crippen MR) is 127 cm³/mol. The van der Waals surface area contributed by atoms with Crippen LogP contribution in [0.25, 0.3) is 0 Å². The number of anilines is 1. The molecule has 3 aromatic rings. The molecule has 158 valence electrons. The van der Waals surface area contributed by atoms with E-state index in [2.05, 4.69) is 51.5 Å². The van der Waals surface area contributed by atoms with Crippen LogP contribution in [0, 0.1) is 0 Å². The van der Waals surface area contributed by atoms with Gasteiger partial charge in [0, 0.05) is 35.9 Å². The van der Waals surface area contributed by atoms with Gasteiger partial charge in [-0.3, -0.25) is 9.79 Å². The molecule has 0 bridgehead atoms. The Morgan fingerprint density at radius 3 is 2.48 bits per heavy atom. The van der Waals surface area contributed by atoms with Gasteiger partial charge in [-0.15, -0.1) is 0 Å². The molecule has 0 spiro atoms. The molecule has 0 saturated carbocycles. The van der Waals surface area contributed by atoms with Crippen molar-refractivity contribution in [2.75, 3.05) is 25.5 Å². The molecule has 1 aromatic heterocycles. The lowest BCUT2D eigenvalue weighted by Gasteiger charge is -2.14. The van der Waals surface area contributed by atoms with Gasteiger partial charge in [-0.05, 0) is 48.2 Å². The van der Waals surface area contributed by atoms with Gasteiger partial charge < -0.3 is 10.2 Å². The third kappa shape index (κ3) is 5.24. The minimum atomic E-state index is -0.245. The van der Waals surface area contributed by atoms with Crippen molar-refractivity contribution in [3.8, 4) is 0 Å². The van der Waals surface area contributed by atoms with Gasteiger partial charge >= 0.3 is 0 Å². The summed E-state index contributed by atoms with van der Waals surface area (Å²) in [5, 5.41) is 3.84. The minimum absolute atomic E-state index is 0.245. The van der Waals surface area contributed by atoms with Crippen LogP contribution < -0.4 is 5.32 Å². The van der Waals surface area contributed by atoms with Crippen LogP contribution in [0.2, 0.25) is 10.0 Å². The molecular formula is C24H22Cl2N4O. The lowest BCUT2D eigenvalue weighted by molar-refractivity contribution is 0.102. The average Bonchev–Trinajstić information content (AvgIpc) is 3.20. The SMILES string of the molecule is CN1CCN=C1c1ccc(CCc2ccc(Cl)cc2C(=O)Nc2ccc(Cl)cn2)cc1. The molecule has 0 saturated heterocycles. The molecule has 0 fully saturated rings. The number of amidine groups is 1. The van der Waals surface area contributed by atoms with Crippen LogP contribution in [0.4, 0.5) is 5.82 Å². The first-order chi connectivity index (χ1) is 15.0. The van der Waals surface area contributed by atoms with Crippen molar-refractivity contribution in [3.05, 3.63) is 93.1 Å². The molecule has 1 amide bonds. The molecule has 0 atom stereocenters. The summed E-state index contributed by atoms with van der Waals surface area (Å²) < 4.78 is 0. The molecule has 1 N–H and O–H groups in total. The van der Waals surface area contributed by atoms with Crippen LogP contribution in [0.15, 0.2) is 65.8 Å². The number of likely N-dealkylation sites (N-methyl/N-ethyl adjacent to an activating group) is 1. The van der Waals surface area contributed by atoms with Crippen molar-refractivity contribution in [3.63, 3.8) is 0 Å². The number of carbonyl (C=O) groups is 1. The standard InChI is InChI=1S/C24H22Cl2N4O/c1-30-13-12-27-23(30)18-6-3-16(4-7-18)2-5-17-8-9-19(25)14-21(17)24(31)29-22-11-10-20(26)15-28-22/h3-4,6-11,14-15H,2,5,12-13H2,1H3,(H,28,29,31). The first-order valence-corrected chi connectivity index (χ1v) is 10.8. The van der Waals surface area contributed by atoms with Gasteiger partial charge in [0.1, 0.15) is 11.7 Å². The number of aliphatic imine (C=N–C) groups is 1. The lowest BCUT2D eigenvalue weighted by atomic mass is 9.98. The normalized spacial score (nSPS) is 13.3. The van der Waals surface area contributed by atoms with Crippen molar-refractivity contribution < 1.29 is 4.79 Å². The third-order valence-corrected chi connectivity index (χ3v) is 5.70. The predicted octanol–water partition coefficient (Wildman–Crippen LogP) is 5.12. The molecule has 4 rings (SSSR count). The van der Waals surface area contributed by atoms with Crippen molar-refractivity contribution in [2.24, 2.45) is 4.99 Å². The molecule has 31 heavy (non-hydrogen) atoms. The Kier molecular flexibility index (Phi) is 6.54. The maximum Gasteiger partial charge on any atom is 0.257 e. The molecule has 7 heteroatoms. The number of nitrogens with one attached hydrogen (secondary N) is 1. The van der Waals surface area contributed by atoms with E-state index in [9.17, 15) is 4.79 Å².